The molecule has 0 aromatic heterocycles. The molecule has 1 rings (SSSR count). The Balaban J connectivity index is 2.29. The number of hydrogen-bond donors (Lipinski definition) is 1. The predicted molar refractivity (Wildman–Crippen MR) is 59.5 cm³/mol. The maximum Gasteiger partial charge on any atom is 0.104 e. The lowest BCUT2D eigenvalue weighted by Crippen LogP contribution is -2.41. The van der Waals surface area contributed by atoms with Gasteiger partial charge in [0.2, 0.25) is 0 Å². The van der Waals surface area contributed by atoms with Crippen LogP contribution in [0.5, 0.6) is 0 Å². The molecule has 2 unspecified atom stereocenters. The van der Waals surface area contributed by atoms with Gasteiger partial charge in [-0.1, -0.05) is 0 Å². The van der Waals surface area contributed by atoms with Crippen LogP contribution in [0.25, 0.3) is 0 Å². The first-order chi connectivity index (χ1) is 7.13. The van der Waals surface area contributed by atoms with Crippen LogP contribution in [-0.2, 0) is 4.74 Å². The van der Waals surface area contributed by atoms with Crippen LogP contribution in [0.3, 0.4) is 0 Å². The smallest absolute Gasteiger partial charge is 0.104 e. The zero-order chi connectivity index (χ0) is 11.3. The molecule has 0 aliphatic carbocycles. The first-order valence-electron chi connectivity index (χ1n) is 5.49. The first kappa shape index (κ1) is 12.4. The van der Waals surface area contributed by atoms with Crippen molar-refractivity contribution in [3.63, 3.8) is 0 Å². The number of likely N-dealkylation sites (tertiary alicyclic amines) is 1. The molecule has 15 heavy (non-hydrogen) atoms. The minimum atomic E-state index is -0.398. The minimum Gasteiger partial charge on any atom is -0.380 e. The van der Waals surface area contributed by atoms with E-state index >= 15 is 0 Å². The van der Waals surface area contributed by atoms with Gasteiger partial charge in [0.05, 0.1) is 12.2 Å². The van der Waals surface area contributed by atoms with Crippen molar-refractivity contribution in [3.8, 4) is 6.07 Å². The van der Waals surface area contributed by atoms with E-state index in [0.717, 1.165) is 32.5 Å². The highest BCUT2D eigenvalue weighted by molar-refractivity contribution is 5.03. The summed E-state index contributed by atoms with van der Waals surface area (Å²) in [5.41, 5.74) is -0.398. The highest BCUT2D eigenvalue weighted by Crippen LogP contribution is 2.15. The van der Waals surface area contributed by atoms with Crippen LogP contribution in [0.1, 0.15) is 19.8 Å². The number of ether oxygens (including phenoxy) is 1. The number of nitrogens with one attached hydrogen (secondary N) is 1. The number of hydrogen-bond acceptors (Lipinski definition) is 4. The average Bonchev–Trinajstić information content (AvgIpc) is 2.74. The van der Waals surface area contributed by atoms with Crippen LogP contribution in [0.2, 0.25) is 0 Å². The summed E-state index contributed by atoms with van der Waals surface area (Å²) in [7, 11) is 3.60. The van der Waals surface area contributed by atoms with Gasteiger partial charge in [0, 0.05) is 26.7 Å². The summed E-state index contributed by atoms with van der Waals surface area (Å²) in [6.45, 7) is 4.99. The van der Waals surface area contributed by atoms with Gasteiger partial charge in [0.15, 0.2) is 0 Å². The SMILES string of the molecule is CNC(C)(C#N)CCN1CCC(OC)C1. The van der Waals surface area contributed by atoms with Crippen LogP contribution in [0.4, 0.5) is 0 Å². The van der Waals surface area contributed by atoms with E-state index in [-0.39, 0.29) is 0 Å². The zero-order valence-corrected chi connectivity index (χ0v) is 9.92. The Morgan fingerprint density at radius 1 is 1.67 bits per heavy atom. The normalized spacial score (nSPS) is 26.1. The molecule has 0 radical (unpaired) electrons. The van der Waals surface area contributed by atoms with Gasteiger partial charge >= 0.3 is 0 Å². The lowest BCUT2D eigenvalue weighted by atomic mass is 10.0. The molecule has 0 aromatic rings. The summed E-state index contributed by atoms with van der Waals surface area (Å²) < 4.78 is 5.30. The Kier molecular flexibility index (Phi) is 4.52. The van der Waals surface area contributed by atoms with E-state index in [9.17, 15) is 0 Å². The van der Waals surface area contributed by atoms with Gasteiger partial charge < -0.3 is 15.0 Å². The van der Waals surface area contributed by atoms with E-state index in [1.165, 1.54) is 0 Å². The van der Waals surface area contributed by atoms with E-state index in [2.05, 4.69) is 16.3 Å². The number of rotatable bonds is 5. The van der Waals surface area contributed by atoms with Crippen molar-refractivity contribution in [1.29, 1.82) is 5.26 Å². The van der Waals surface area contributed by atoms with Crippen molar-refractivity contribution < 1.29 is 4.74 Å². The molecule has 1 N–H and O–H groups in total. The van der Waals surface area contributed by atoms with Crippen molar-refractivity contribution >= 4 is 0 Å². The summed E-state index contributed by atoms with van der Waals surface area (Å²) in [6.07, 6.45) is 2.35. The van der Waals surface area contributed by atoms with Gasteiger partial charge in [-0.05, 0) is 26.8 Å². The summed E-state index contributed by atoms with van der Waals surface area (Å²) in [5.74, 6) is 0. The van der Waals surface area contributed by atoms with Crippen LogP contribution in [-0.4, -0.2) is 50.3 Å². The Morgan fingerprint density at radius 3 is 2.87 bits per heavy atom. The maximum atomic E-state index is 9.00. The maximum absolute atomic E-state index is 9.00. The third-order valence-electron chi connectivity index (χ3n) is 3.29. The van der Waals surface area contributed by atoms with Crippen LogP contribution in [0.15, 0.2) is 0 Å². The molecule has 2 atom stereocenters. The van der Waals surface area contributed by atoms with Crippen molar-refractivity contribution in [3.05, 3.63) is 0 Å². The molecule has 0 saturated carbocycles. The van der Waals surface area contributed by atoms with Crippen LogP contribution in [0, 0.1) is 11.3 Å². The van der Waals surface area contributed by atoms with Crippen molar-refractivity contribution in [2.45, 2.75) is 31.4 Å². The van der Waals surface area contributed by atoms with Gasteiger partial charge in [-0.3, -0.25) is 0 Å². The number of methoxy groups -OCH3 is 1. The monoisotopic (exact) mass is 211 g/mol. The van der Waals surface area contributed by atoms with Crippen molar-refractivity contribution in [2.75, 3.05) is 33.8 Å². The Labute approximate surface area is 92.2 Å². The highest BCUT2D eigenvalue weighted by Gasteiger charge is 2.26. The standard InChI is InChI=1S/C11H21N3O/c1-11(9-12,13-2)5-7-14-6-4-10(8-14)15-3/h10,13H,4-8H2,1-3H3. The Bertz CT molecular complexity index is 238. The molecule has 4 nitrogen and oxygen atoms in total. The Hall–Kier alpha value is -0.630. The minimum absolute atomic E-state index is 0.382. The molecule has 1 saturated heterocycles. The fourth-order valence-corrected chi connectivity index (χ4v) is 1.81. The molecular weight excluding hydrogens is 190 g/mol. The first-order valence-corrected chi connectivity index (χ1v) is 5.49. The molecular formula is C11H21N3O. The second-order valence-electron chi connectivity index (χ2n) is 4.39. The van der Waals surface area contributed by atoms with Crippen molar-refractivity contribution in [2.24, 2.45) is 0 Å². The zero-order valence-electron chi connectivity index (χ0n) is 9.92. The van der Waals surface area contributed by atoms with E-state index in [4.69, 9.17) is 10.00 Å². The third-order valence-corrected chi connectivity index (χ3v) is 3.29. The summed E-state index contributed by atoms with van der Waals surface area (Å²) in [5, 5.41) is 12.1. The molecule has 0 amide bonds. The van der Waals surface area contributed by atoms with Crippen molar-refractivity contribution in [1.82, 2.24) is 10.2 Å². The van der Waals surface area contributed by atoms with E-state index in [1.807, 2.05) is 14.0 Å². The lowest BCUT2D eigenvalue weighted by Gasteiger charge is -2.24. The number of nitriles is 1. The van der Waals surface area contributed by atoms with E-state index in [1.54, 1.807) is 7.11 Å². The number of nitrogens with zero attached hydrogens (tertiary/aromatic N) is 2. The fraction of sp³-hybridized carbons (Fsp3) is 0.909. The highest BCUT2D eigenvalue weighted by atomic mass is 16.5. The van der Waals surface area contributed by atoms with Crippen LogP contribution < -0.4 is 5.32 Å². The third kappa shape index (κ3) is 3.45. The summed E-state index contributed by atoms with van der Waals surface area (Å²) in [4.78, 5) is 2.36. The molecule has 1 fully saturated rings. The predicted octanol–water partition coefficient (Wildman–Crippen LogP) is 0.599. The van der Waals surface area contributed by atoms with Gasteiger partial charge in [0.25, 0.3) is 0 Å². The summed E-state index contributed by atoms with van der Waals surface area (Å²) in [6, 6.07) is 2.31. The van der Waals surface area contributed by atoms with Crippen LogP contribution >= 0.6 is 0 Å². The lowest BCUT2D eigenvalue weighted by molar-refractivity contribution is 0.107. The molecule has 0 bridgehead atoms. The second kappa shape index (κ2) is 5.45. The quantitative estimate of drug-likeness (QED) is 0.723. The largest absolute Gasteiger partial charge is 0.380 e. The van der Waals surface area contributed by atoms with Gasteiger partial charge in [0.1, 0.15) is 5.54 Å². The molecule has 1 heterocycles. The molecule has 0 spiro atoms. The second-order valence-corrected chi connectivity index (χ2v) is 4.39. The fourth-order valence-electron chi connectivity index (χ4n) is 1.81. The summed E-state index contributed by atoms with van der Waals surface area (Å²) >= 11 is 0. The Morgan fingerprint density at radius 2 is 2.40 bits per heavy atom. The molecule has 4 heteroatoms. The molecule has 86 valence electrons. The van der Waals surface area contributed by atoms with E-state index < -0.39 is 5.54 Å². The average molecular weight is 211 g/mol. The van der Waals surface area contributed by atoms with Gasteiger partial charge in [-0.2, -0.15) is 5.26 Å². The topological polar surface area (TPSA) is 48.3 Å². The van der Waals surface area contributed by atoms with Gasteiger partial charge in [-0.25, -0.2) is 0 Å². The molecule has 1 aliphatic heterocycles. The van der Waals surface area contributed by atoms with E-state index in [0.29, 0.717) is 6.10 Å². The molecule has 1 aliphatic rings. The molecule has 0 aromatic carbocycles. The van der Waals surface area contributed by atoms with Gasteiger partial charge in [-0.15, -0.1) is 0 Å².